The Balaban J connectivity index is 1.18. The van der Waals surface area contributed by atoms with Crippen LogP contribution in [0.2, 0.25) is 0 Å². The Hall–Kier alpha value is -3.00. The van der Waals surface area contributed by atoms with Gasteiger partial charge in [-0.2, -0.15) is 0 Å². The third kappa shape index (κ3) is 9.63. The Morgan fingerprint density at radius 2 is 1.45 bits per heavy atom. The fourth-order valence-corrected chi connectivity index (χ4v) is 10.5. The monoisotopic (exact) mass is 938 g/mol. The molecule has 66 heavy (non-hydrogen) atoms. The molecule has 2 aromatic rings. The lowest BCUT2D eigenvalue weighted by Crippen LogP contribution is -2.58. The number of methoxy groups -OCH3 is 1. The third-order valence-electron chi connectivity index (χ3n) is 14.4. The molecule has 0 radical (unpaired) electrons. The zero-order chi connectivity index (χ0) is 48.4. The van der Waals surface area contributed by atoms with E-state index in [1.807, 2.05) is 0 Å². The molecule has 21 atom stereocenters. The van der Waals surface area contributed by atoms with Gasteiger partial charge in [0.2, 0.25) is 0 Å². The summed E-state index contributed by atoms with van der Waals surface area (Å²) in [4.78, 5) is 40.5. The lowest BCUT2D eigenvalue weighted by atomic mass is 9.67. The zero-order valence-corrected chi connectivity index (χ0v) is 38.3. The minimum Gasteiger partial charge on any atom is -0.507 e. The molecule has 370 valence electrons. The van der Waals surface area contributed by atoms with Crippen LogP contribution in [0.15, 0.2) is 12.1 Å². The highest BCUT2D eigenvalue weighted by atomic mass is 17.2. The van der Waals surface area contributed by atoms with E-state index in [4.69, 9.17) is 38.2 Å². The Kier molecular flexibility index (Phi) is 15.2. The van der Waals surface area contributed by atoms with Gasteiger partial charge in [0.1, 0.15) is 54.2 Å². The second-order valence-electron chi connectivity index (χ2n) is 19.2. The van der Waals surface area contributed by atoms with E-state index in [-0.39, 0.29) is 54.4 Å². The number of phenolic OH excluding ortho intramolecular Hbond substituents is 2. The molecule has 0 spiro atoms. The van der Waals surface area contributed by atoms with Crippen LogP contribution in [0.3, 0.4) is 0 Å². The maximum atomic E-state index is 15.1. The van der Waals surface area contributed by atoms with Crippen LogP contribution in [0.1, 0.15) is 100 Å². The van der Waals surface area contributed by atoms with Crippen molar-refractivity contribution in [3.63, 3.8) is 0 Å². The summed E-state index contributed by atoms with van der Waals surface area (Å²) < 4.78 is 35.7. The van der Waals surface area contributed by atoms with E-state index < -0.39 is 145 Å². The quantitative estimate of drug-likeness (QED) is 0.102. The van der Waals surface area contributed by atoms with Crippen LogP contribution in [-0.4, -0.2) is 179 Å². The number of aliphatic hydroxyl groups is 8. The number of aromatic hydroxyl groups is 2. The molecule has 0 aromatic heterocycles. The van der Waals surface area contributed by atoms with Crippen LogP contribution in [0.25, 0.3) is 10.8 Å². The van der Waals surface area contributed by atoms with E-state index in [0.29, 0.717) is 16.5 Å². The van der Waals surface area contributed by atoms with Gasteiger partial charge >= 0.3 is 0 Å². The first-order chi connectivity index (χ1) is 30.9. The molecular formula is C46H66O20. The smallest absolute Gasteiger partial charge is 0.194 e. The van der Waals surface area contributed by atoms with Crippen molar-refractivity contribution in [1.29, 1.82) is 0 Å². The number of ether oxygens (including phenoxy) is 6. The number of ketones is 2. The summed E-state index contributed by atoms with van der Waals surface area (Å²) >= 11 is 0. The average Bonchev–Trinajstić information content (AvgIpc) is 3.24. The summed E-state index contributed by atoms with van der Waals surface area (Å²) in [7, 11) is 1.22. The van der Waals surface area contributed by atoms with Crippen LogP contribution >= 0.6 is 0 Å². The van der Waals surface area contributed by atoms with Crippen LogP contribution in [0.5, 0.6) is 11.5 Å². The molecule has 4 fully saturated rings. The number of carbonyl (C=O) groups excluding carboxylic acids is 2. The summed E-state index contributed by atoms with van der Waals surface area (Å²) in [6.07, 6.45) is -20.9. The predicted octanol–water partition coefficient (Wildman–Crippen LogP) is 0.411. The largest absolute Gasteiger partial charge is 0.507 e. The number of carbonyl (C=O) groups is 2. The summed E-state index contributed by atoms with van der Waals surface area (Å²) in [6.45, 7) is 10.6. The minimum absolute atomic E-state index is 0.0154. The molecule has 4 aliphatic heterocycles. The second-order valence-corrected chi connectivity index (χ2v) is 19.2. The van der Waals surface area contributed by atoms with E-state index >= 15 is 4.79 Å². The molecule has 0 bridgehead atoms. The highest BCUT2D eigenvalue weighted by Gasteiger charge is 2.53. The van der Waals surface area contributed by atoms with E-state index in [9.17, 15) is 55.9 Å². The van der Waals surface area contributed by atoms with Gasteiger partial charge in [0.25, 0.3) is 0 Å². The topological polar surface area (TPSA) is 310 Å². The first kappa shape index (κ1) is 50.9. The van der Waals surface area contributed by atoms with Crippen molar-refractivity contribution < 1.29 is 98.9 Å². The molecule has 5 aliphatic rings. The third-order valence-corrected chi connectivity index (χ3v) is 14.4. The van der Waals surface area contributed by atoms with Crippen LogP contribution in [-0.2, 0) is 49.4 Å². The molecule has 0 amide bonds. The highest BCUT2D eigenvalue weighted by molar-refractivity contribution is 6.10. The Morgan fingerprint density at radius 3 is 2.09 bits per heavy atom. The van der Waals surface area contributed by atoms with E-state index in [1.165, 1.54) is 27.9 Å². The number of benzene rings is 2. The summed E-state index contributed by atoms with van der Waals surface area (Å²) in [6, 6.07) is 3.25. The predicted molar refractivity (Wildman–Crippen MR) is 227 cm³/mol. The molecule has 0 saturated carbocycles. The normalized spacial score (nSPS) is 41.3. The molecule has 0 unspecified atom stereocenters. The number of fused-ring (bicyclic) bond motifs is 2. The van der Waals surface area contributed by atoms with Crippen molar-refractivity contribution in [3.8, 4) is 11.5 Å². The molecule has 10 N–H and O–H groups in total. The second kappa shape index (κ2) is 19.8. The van der Waals surface area contributed by atoms with E-state index in [0.717, 1.165) is 0 Å². The van der Waals surface area contributed by atoms with Crippen molar-refractivity contribution in [2.45, 2.75) is 196 Å². The van der Waals surface area contributed by atoms with E-state index in [1.54, 1.807) is 39.8 Å². The number of hydrogen-bond donors (Lipinski definition) is 10. The lowest BCUT2D eigenvalue weighted by Gasteiger charge is -2.46. The number of aliphatic hydroxyl groups excluding tert-OH is 7. The van der Waals surface area contributed by atoms with Crippen molar-refractivity contribution in [1.82, 2.24) is 0 Å². The molecule has 4 heterocycles. The van der Waals surface area contributed by atoms with Gasteiger partial charge in [0.15, 0.2) is 24.1 Å². The fourth-order valence-electron chi connectivity index (χ4n) is 10.5. The summed E-state index contributed by atoms with van der Waals surface area (Å²) in [5.74, 6) is -4.94. The molecule has 2 aromatic carbocycles. The number of Topliss-reactive ketones (excluding diaryl/α,β-unsaturated/α-hetero) is 2. The fraction of sp³-hybridized carbons (Fsp3) is 0.739. The Bertz CT molecular complexity index is 2070. The van der Waals surface area contributed by atoms with Gasteiger partial charge < -0.3 is 79.5 Å². The Morgan fingerprint density at radius 1 is 0.818 bits per heavy atom. The highest BCUT2D eigenvalue weighted by Crippen LogP contribution is 2.49. The van der Waals surface area contributed by atoms with Crippen molar-refractivity contribution in [2.24, 2.45) is 11.8 Å². The number of hydrogen-bond acceptors (Lipinski definition) is 20. The van der Waals surface area contributed by atoms with Gasteiger partial charge in [0, 0.05) is 38.7 Å². The number of phenols is 2. The van der Waals surface area contributed by atoms with Gasteiger partial charge in [-0.15, -0.1) is 0 Å². The van der Waals surface area contributed by atoms with Crippen LogP contribution in [0, 0.1) is 18.8 Å². The summed E-state index contributed by atoms with van der Waals surface area (Å²) in [5, 5.41) is 109. The minimum atomic E-state index is -1.90. The maximum absolute atomic E-state index is 15.1. The summed E-state index contributed by atoms with van der Waals surface area (Å²) in [5.41, 5.74) is -0.636. The van der Waals surface area contributed by atoms with Gasteiger partial charge in [-0.25, -0.2) is 9.78 Å². The molecule has 1 aliphatic carbocycles. The average molecular weight is 939 g/mol. The first-order valence-corrected chi connectivity index (χ1v) is 22.7. The SMILES string of the molecule is CO[C@H](C(=O)[C@H](O)[C@H](C)O)[C@@H]1Cc2cc3cc([C@H]4C[C@@H](O)[C@H](O)[C@@H](C)O4)c(C)c(O)c3c(O)c2C(=O)[C@@H]1[C@H]1C[C@@H](OO[C@H]2C[C@@H](O[C@H]3C[C@](C)(O)[C@H](O)[C@@H](C)O3)[C@@H](O)[C@@H](C)O2)[C@H](O)[C@@H](C)O1. The van der Waals surface area contributed by atoms with Gasteiger partial charge in [-0.1, -0.05) is 0 Å². The van der Waals surface area contributed by atoms with Gasteiger partial charge in [-0.05, 0) is 89.1 Å². The van der Waals surface area contributed by atoms with Gasteiger partial charge in [0.05, 0.1) is 77.4 Å². The standard InChI is InChI=1S/C46H66O20/c1-16-24(27-12-26(48)38(51)18(3)60-27)10-22-9-23-11-25(44(59-8)43(56)37(50)17(2)47)35(42(55)34(23)41(54)33(22)36(16)49)28-13-30(40(53)19(4)61-28)65-66-31-14-29(39(52)20(5)62-31)64-32-15-46(7,58)45(57)21(6)63-32/h9-10,17-21,25-32,35,37-40,44-45,47-54,57-58H,11-15H2,1-8H3/t17-,18+,19+,20+,21+,25+,26+,27+,28+,29+,30+,31-,32-,35-,37+,38+,39-,40+,44-,45+,46-/m0/s1. The van der Waals surface area contributed by atoms with Crippen molar-refractivity contribution in [3.05, 3.63) is 34.4 Å². The van der Waals surface area contributed by atoms with E-state index in [2.05, 4.69) is 0 Å². The zero-order valence-electron chi connectivity index (χ0n) is 38.3. The van der Waals surface area contributed by atoms with Crippen LogP contribution < -0.4 is 0 Å². The molecule has 4 saturated heterocycles. The van der Waals surface area contributed by atoms with Crippen molar-refractivity contribution in [2.75, 3.05) is 7.11 Å². The molecule has 20 nitrogen and oxygen atoms in total. The molecule has 20 heteroatoms. The van der Waals surface area contributed by atoms with Gasteiger partial charge in [-0.3, -0.25) is 9.59 Å². The Labute approximate surface area is 381 Å². The maximum Gasteiger partial charge on any atom is 0.194 e. The first-order valence-electron chi connectivity index (χ1n) is 22.7. The lowest BCUT2D eigenvalue weighted by molar-refractivity contribution is -0.438. The number of rotatable bonds is 12. The molecular weight excluding hydrogens is 872 g/mol. The van der Waals surface area contributed by atoms with Crippen molar-refractivity contribution >= 4 is 22.3 Å². The molecule has 7 rings (SSSR count). The van der Waals surface area contributed by atoms with Crippen LogP contribution in [0.4, 0.5) is 0 Å².